The van der Waals surface area contributed by atoms with E-state index in [1.165, 1.54) is 4.90 Å². The number of carbonyl (C=O) groups is 2. The lowest BCUT2D eigenvalue weighted by molar-refractivity contribution is -0.139. The van der Waals surface area contributed by atoms with E-state index in [0.29, 0.717) is 25.8 Å². The van der Waals surface area contributed by atoms with Crippen LogP contribution in [0.5, 0.6) is 0 Å². The van der Waals surface area contributed by atoms with Crippen LogP contribution in [0, 0.1) is 0 Å². The number of nitrogens with zero attached hydrogens (tertiary/aromatic N) is 2. The van der Waals surface area contributed by atoms with Crippen LogP contribution in [0.15, 0.2) is 46.9 Å². The molecule has 0 saturated heterocycles. The predicted molar refractivity (Wildman–Crippen MR) is 136 cm³/mol. The van der Waals surface area contributed by atoms with E-state index in [-0.39, 0.29) is 18.5 Å². The van der Waals surface area contributed by atoms with E-state index in [0.717, 1.165) is 10.6 Å². The Kier molecular flexibility index (Phi) is 9.60. The fourth-order valence-corrected chi connectivity index (χ4v) is 5.02. The summed E-state index contributed by atoms with van der Waals surface area (Å²) in [5, 5.41) is 3.56. The van der Waals surface area contributed by atoms with Gasteiger partial charge in [0, 0.05) is 27.1 Å². The molecule has 0 radical (unpaired) electrons. The normalized spacial score (nSPS) is 12.4. The molecule has 0 aliphatic carbocycles. The zero-order chi connectivity index (χ0) is 24.9. The third-order valence-corrected chi connectivity index (χ3v) is 7.14. The van der Waals surface area contributed by atoms with E-state index in [4.69, 9.17) is 23.2 Å². The first-order chi connectivity index (χ1) is 15.3. The molecule has 33 heavy (non-hydrogen) atoms. The lowest BCUT2D eigenvalue weighted by Crippen LogP contribution is -2.52. The Hall–Kier alpha value is -1.81. The quantitative estimate of drug-likeness (QED) is 0.476. The summed E-state index contributed by atoms with van der Waals surface area (Å²) in [6.07, 6.45) is 1.02. The zero-order valence-electron chi connectivity index (χ0n) is 18.7. The van der Waals surface area contributed by atoms with Crippen LogP contribution in [0.2, 0.25) is 10.0 Å². The van der Waals surface area contributed by atoms with Crippen LogP contribution in [0.4, 0.5) is 5.69 Å². The van der Waals surface area contributed by atoms with Crippen molar-refractivity contribution in [2.75, 3.05) is 17.1 Å². The Bertz CT molecular complexity index is 1130. The summed E-state index contributed by atoms with van der Waals surface area (Å²) in [7, 11) is -3.81. The monoisotopic (exact) mass is 577 g/mol. The molecular weight excluding hydrogens is 553 g/mol. The van der Waals surface area contributed by atoms with Crippen molar-refractivity contribution in [1.29, 1.82) is 0 Å². The molecule has 180 valence electrons. The molecule has 2 aromatic carbocycles. The maximum absolute atomic E-state index is 13.5. The molecule has 1 unspecified atom stereocenters. The number of sulfonamides is 1. The van der Waals surface area contributed by atoms with Gasteiger partial charge in [0.15, 0.2) is 0 Å². The third kappa shape index (κ3) is 7.60. The summed E-state index contributed by atoms with van der Waals surface area (Å²) < 4.78 is 26.6. The van der Waals surface area contributed by atoms with Crippen LogP contribution < -0.4 is 9.62 Å². The Labute approximate surface area is 213 Å². The number of nitrogens with one attached hydrogen (secondary N) is 1. The minimum atomic E-state index is -3.81. The Balaban J connectivity index is 2.44. The van der Waals surface area contributed by atoms with E-state index >= 15 is 0 Å². The van der Waals surface area contributed by atoms with Gasteiger partial charge in [0.2, 0.25) is 21.8 Å². The smallest absolute Gasteiger partial charge is 0.244 e. The van der Waals surface area contributed by atoms with Gasteiger partial charge in [0.05, 0.1) is 11.9 Å². The van der Waals surface area contributed by atoms with E-state index in [9.17, 15) is 18.0 Å². The first-order valence-electron chi connectivity index (χ1n) is 10.1. The maximum Gasteiger partial charge on any atom is 0.244 e. The molecule has 0 aliphatic rings. The molecule has 7 nitrogen and oxygen atoms in total. The number of hydrogen-bond donors (Lipinski definition) is 1. The van der Waals surface area contributed by atoms with Crippen LogP contribution >= 0.6 is 39.1 Å². The highest BCUT2D eigenvalue weighted by molar-refractivity contribution is 9.10. The Morgan fingerprint density at radius 2 is 1.73 bits per heavy atom. The minimum absolute atomic E-state index is 0.00488. The molecule has 1 atom stereocenters. The average Bonchev–Trinajstić information content (AvgIpc) is 2.70. The summed E-state index contributed by atoms with van der Waals surface area (Å²) in [5.41, 5.74) is 0.891. The molecular formula is C22H26BrCl2N3O4S. The number of amides is 2. The largest absolute Gasteiger partial charge is 0.352 e. The van der Waals surface area contributed by atoms with E-state index in [1.54, 1.807) is 49.4 Å². The molecule has 0 aromatic heterocycles. The third-order valence-electron chi connectivity index (χ3n) is 4.75. The van der Waals surface area contributed by atoms with Gasteiger partial charge >= 0.3 is 0 Å². The standard InChI is InChI=1S/C22H26BrCl2N3O4S/c1-14(2)26-22(30)15(3)27(12-16-9-10-17(24)11-19(16)25)21(29)13-28(33(4,31)32)20-8-6-5-7-18(20)23/h5-11,14-15H,12-13H2,1-4H3,(H,26,30). The highest BCUT2D eigenvalue weighted by Crippen LogP contribution is 2.28. The minimum Gasteiger partial charge on any atom is -0.352 e. The fraction of sp³-hybridized carbons (Fsp3) is 0.364. The molecule has 0 saturated carbocycles. The van der Waals surface area contributed by atoms with E-state index in [2.05, 4.69) is 21.2 Å². The fourth-order valence-electron chi connectivity index (χ4n) is 3.07. The van der Waals surface area contributed by atoms with Crippen LogP contribution in [0.3, 0.4) is 0 Å². The average molecular weight is 579 g/mol. The topological polar surface area (TPSA) is 86.8 Å². The van der Waals surface area contributed by atoms with Gasteiger partial charge in [-0.1, -0.05) is 41.4 Å². The number of hydrogen-bond acceptors (Lipinski definition) is 4. The highest BCUT2D eigenvalue weighted by Gasteiger charge is 2.31. The van der Waals surface area contributed by atoms with Crippen molar-refractivity contribution in [3.63, 3.8) is 0 Å². The zero-order valence-corrected chi connectivity index (χ0v) is 22.6. The van der Waals surface area contributed by atoms with Crippen molar-refractivity contribution < 1.29 is 18.0 Å². The second-order valence-corrected chi connectivity index (χ2v) is 11.4. The number of rotatable bonds is 9. The van der Waals surface area contributed by atoms with E-state index < -0.39 is 28.5 Å². The molecule has 1 N–H and O–H groups in total. The molecule has 2 rings (SSSR count). The van der Waals surface area contributed by atoms with E-state index in [1.807, 2.05) is 13.8 Å². The van der Waals surface area contributed by atoms with Gasteiger partial charge in [0.25, 0.3) is 0 Å². The van der Waals surface area contributed by atoms with Gasteiger partial charge in [-0.05, 0) is 66.5 Å². The van der Waals surface area contributed by atoms with Crippen molar-refractivity contribution >= 4 is 66.7 Å². The van der Waals surface area contributed by atoms with Gasteiger partial charge in [0.1, 0.15) is 12.6 Å². The molecule has 2 amide bonds. The van der Waals surface area contributed by atoms with Crippen molar-refractivity contribution in [2.45, 2.75) is 39.4 Å². The van der Waals surface area contributed by atoms with Crippen molar-refractivity contribution in [3.05, 3.63) is 62.5 Å². The summed E-state index contributed by atoms with van der Waals surface area (Å²) in [5.74, 6) is -0.927. The van der Waals surface area contributed by atoms with Crippen LogP contribution in [-0.2, 0) is 26.2 Å². The first kappa shape index (κ1) is 27.4. The van der Waals surface area contributed by atoms with Gasteiger partial charge in [-0.15, -0.1) is 0 Å². The second-order valence-electron chi connectivity index (χ2n) is 7.82. The van der Waals surface area contributed by atoms with Gasteiger partial charge in [-0.25, -0.2) is 8.42 Å². The maximum atomic E-state index is 13.5. The highest BCUT2D eigenvalue weighted by atomic mass is 79.9. The van der Waals surface area contributed by atoms with Gasteiger partial charge < -0.3 is 10.2 Å². The van der Waals surface area contributed by atoms with Crippen LogP contribution in [-0.4, -0.2) is 50.0 Å². The van der Waals surface area contributed by atoms with Crippen LogP contribution in [0.25, 0.3) is 0 Å². The van der Waals surface area contributed by atoms with Gasteiger partial charge in [-0.2, -0.15) is 0 Å². The Morgan fingerprint density at radius 1 is 1.09 bits per heavy atom. The van der Waals surface area contributed by atoms with Crippen molar-refractivity contribution in [1.82, 2.24) is 10.2 Å². The molecule has 11 heteroatoms. The summed E-state index contributed by atoms with van der Waals surface area (Å²) in [6, 6.07) is 10.5. The molecule has 0 heterocycles. The van der Waals surface area contributed by atoms with Gasteiger partial charge in [-0.3, -0.25) is 13.9 Å². The SMILES string of the molecule is CC(C)NC(=O)C(C)N(Cc1ccc(Cl)cc1Cl)C(=O)CN(c1ccccc1Br)S(C)(=O)=O. The first-order valence-corrected chi connectivity index (χ1v) is 13.5. The summed E-state index contributed by atoms with van der Waals surface area (Å²) in [4.78, 5) is 27.5. The number of para-hydroxylation sites is 1. The molecule has 0 fully saturated rings. The number of halogens is 3. The number of anilines is 1. The predicted octanol–water partition coefficient (Wildman–Crippen LogP) is 4.46. The van der Waals surface area contributed by atoms with Crippen LogP contribution in [0.1, 0.15) is 26.3 Å². The summed E-state index contributed by atoms with van der Waals surface area (Å²) in [6.45, 7) is 4.71. The molecule has 2 aromatic rings. The number of benzene rings is 2. The van der Waals surface area contributed by atoms with Crippen molar-refractivity contribution in [3.8, 4) is 0 Å². The molecule has 0 spiro atoms. The number of carbonyl (C=O) groups excluding carboxylic acids is 2. The Morgan fingerprint density at radius 3 is 2.27 bits per heavy atom. The lowest BCUT2D eigenvalue weighted by atomic mass is 10.1. The molecule has 0 aliphatic heterocycles. The molecule has 0 bridgehead atoms. The van der Waals surface area contributed by atoms with Crippen molar-refractivity contribution in [2.24, 2.45) is 0 Å². The summed E-state index contributed by atoms with van der Waals surface area (Å²) >= 11 is 15.6. The lowest BCUT2D eigenvalue weighted by Gasteiger charge is -2.32. The second kappa shape index (κ2) is 11.6.